The van der Waals surface area contributed by atoms with E-state index in [-0.39, 0.29) is 24.4 Å². The van der Waals surface area contributed by atoms with Crippen LogP contribution in [0, 0.1) is 24.2 Å². The van der Waals surface area contributed by atoms with Crippen LogP contribution in [-0.2, 0) is 23.8 Å². The van der Waals surface area contributed by atoms with E-state index in [1.54, 1.807) is 32.1 Å². The van der Waals surface area contributed by atoms with Crippen LogP contribution in [0.3, 0.4) is 0 Å². The molecule has 5 atom stereocenters. The van der Waals surface area contributed by atoms with Crippen LogP contribution in [0.2, 0.25) is 0 Å². The number of nitrogens with zero attached hydrogens (tertiary/aromatic N) is 1. The molecule has 1 aromatic rings. The van der Waals surface area contributed by atoms with Crippen molar-refractivity contribution in [3.05, 3.63) is 33.3 Å². The molecule has 39 heavy (non-hydrogen) atoms. The Labute approximate surface area is 236 Å². The molecule has 2 aliphatic rings. The van der Waals surface area contributed by atoms with Gasteiger partial charge in [-0.2, -0.15) is 0 Å². The molecule has 2 N–H and O–H groups in total. The summed E-state index contributed by atoms with van der Waals surface area (Å²) in [6.45, 7) is 11.9. The second kappa shape index (κ2) is 14.1. The first-order chi connectivity index (χ1) is 18.4. The number of aliphatic hydroxyl groups excluding tert-OH is 2. The van der Waals surface area contributed by atoms with Crippen LogP contribution < -0.4 is 0 Å². The molecular formula is C30H45NO7S. The normalized spacial score (nSPS) is 30.7. The summed E-state index contributed by atoms with van der Waals surface area (Å²) in [5.41, 5.74) is 1.57. The lowest BCUT2D eigenvalue weighted by Crippen LogP contribution is -2.45. The number of Topliss-reactive ketones (excluding diaryl/α,β-unsaturated/α-hetero) is 1. The number of ether oxygens (including phenoxy) is 3. The van der Waals surface area contributed by atoms with Crippen molar-refractivity contribution in [2.24, 2.45) is 17.3 Å². The van der Waals surface area contributed by atoms with E-state index in [1.807, 2.05) is 32.2 Å². The summed E-state index contributed by atoms with van der Waals surface area (Å²) in [4.78, 5) is 30.9. The molecule has 0 spiro atoms. The van der Waals surface area contributed by atoms with Gasteiger partial charge in [-0.1, -0.05) is 39.3 Å². The fourth-order valence-electron chi connectivity index (χ4n) is 5.24. The Morgan fingerprint density at radius 1 is 1.21 bits per heavy atom. The summed E-state index contributed by atoms with van der Waals surface area (Å²) in [5.74, 6) is -1.63. The van der Waals surface area contributed by atoms with Crippen LogP contribution in [0.15, 0.2) is 22.6 Å². The molecular weight excluding hydrogens is 518 g/mol. The quantitative estimate of drug-likeness (QED) is 0.388. The summed E-state index contributed by atoms with van der Waals surface area (Å²) in [5, 5.41) is 24.8. The van der Waals surface area contributed by atoms with Crippen molar-refractivity contribution in [1.29, 1.82) is 0 Å². The molecule has 0 bridgehead atoms. The topological polar surface area (TPSA) is 115 Å². The third-order valence-electron chi connectivity index (χ3n) is 8.03. The Bertz CT molecular complexity index is 1040. The van der Waals surface area contributed by atoms with E-state index in [9.17, 15) is 19.8 Å². The molecule has 1 aromatic heterocycles. The van der Waals surface area contributed by atoms with Crippen LogP contribution in [0.5, 0.6) is 0 Å². The van der Waals surface area contributed by atoms with Gasteiger partial charge >= 0.3 is 5.97 Å². The third-order valence-corrected chi connectivity index (χ3v) is 8.82. The maximum absolute atomic E-state index is 13.3. The Balaban J connectivity index is 1.91. The number of cyclic esters (lactones) is 1. The predicted molar refractivity (Wildman–Crippen MR) is 151 cm³/mol. The van der Waals surface area contributed by atoms with Gasteiger partial charge in [-0.05, 0) is 50.7 Å². The van der Waals surface area contributed by atoms with Gasteiger partial charge in [0.05, 0.1) is 48.0 Å². The number of hydrogen-bond donors (Lipinski definition) is 2. The molecule has 0 radical (unpaired) electrons. The fraction of sp³-hybridized carbons (Fsp3) is 0.700. The minimum absolute atomic E-state index is 0.102. The Kier molecular flexibility index (Phi) is 11.5. The van der Waals surface area contributed by atoms with Gasteiger partial charge in [-0.25, -0.2) is 4.98 Å². The number of aromatic nitrogens is 1. The van der Waals surface area contributed by atoms with Crippen molar-refractivity contribution in [3.63, 3.8) is 0 Å². The SMILES string of the molecule is CC(=Cc1csc(C)n1)[C@@H]1CC=C(CC2OCCO2)CCC[C@H](C)[C@H](O)[C@@H](C)C(=O)C(C)(C)[C@@H](O)CC(=O)O1. The lowest BCUT2D eigenvalue weighted by atomic mass is 9.73. The van der Waals surface area contributed by atoms with Crippen molar-refractivity contribution in [3.8, 4) is 0 Å². The van der Waals surface area contributed by atoms with Crippen LogP contribution in [0.25, 0.3) is 6.08 Å². The number of carbonyl (C=O) groups excluding carboxylic acids is 2. The number of aryl methyl sites for hydroxylation is 1. The predicted octanol–water partition coefficient (Wildman–Crippen LogP) is 5.01. The minimum Gasteiger partial charge on any atom is -0.457 e. The first kappa shape index (κ1) is 31.6. The monoisotopic (exact) mass is 563 g/mol. The smallest absolute Gasteiger partial charge is 0.309 e. The molecule has 3 rings (SSSR count). The van der Waals surface area contributed by atoms with Crippen molar-refractivity contribution in [2.75, 3.05) is 13.2 Å². The number of esters is 1. The summed E-state index contributed by atoms with van der Waals surface area (Å²) < 4.78 is 17.3. The maximum Gasteiger partial charge on any atom is 0.309 e. The zero-order valence-corrected chi connectivity index (χ0v) is 25.0. The third kappa shape index (κ3) is 8.79. The molecule has 0 unspecified atom stereocenters. The van der Waals surface area contributed by atoms with Gasteiger partial charge in [-0.15, -0.1) is 11.3 Å². The van der Waals surface area contributed by atoms with E-state index < -0.39 is 35.6 Å². The number of hydrogen-bond acceptors (Lipinski definition) is 9. The first-order valence-corrected chi connectivity index (χ1v) is 14.9. The second-order valence-electron chi connectivity index (χ2n) is 11.6. The summed E-state index contributed by atoms with van der Waals surface area (Å²) in [6.07, 6.45) is 4.17. The Hall–Kier alpha value is -1.91. The highest BCUT2D eigenvalue weighted by Gasteiger charge is 2.42. The van der Waals surface area contributed by atoms with Crippen LogP contribution in [-0.4, -0.2) is 64.8 Å². The van der Waals surface area contributed by atoms with Crippen LogP contribution in [0.4, 0.5) is 0 Å². The van der Waals surface area contributed by atoms with E-state index >= 15 is 0 Å². The highest BCUT2D eigenvalue weighted by molar-refractivity contribution is 7.09. The minimum atomic E-state index is -1.25. The molecule has 0 saturated carbocycles. The van der Waals surface area contributed by atoms with E-state index in [0.717, 1.165) is 41.1 Å². The molecule has 218 valence electrons. The van der Waals surface area contributed by atoms with Gasteiger partial charge in [0.2, 0.25) is 0 Å². The molecule has 3 heterocycles. The van der Waals surface area contributed by atoms with E-state index in [1.165, 1.54) is 0 Å². The average Bonchev–Trinajstić information content (AvgIpc) is 3.55. The molecule has 1 saturated heterocycles. The standard InChI is InChI=1S/C30H45NO7S/c1-18-8-7-9-22(15-27-36-12-13-37-27)10-11-24(19(2)14-23-17-39-21(4)31-23)38-26(33)16-25(32)30(5,6)29(35)20(3)28(18)34/h10,14,17-18,20,24-25,27-28,32,34H,7-9,11-13,15-16H2,1-6H3/t18-,20+,24-,25-,28-/m0/s1. The number of rotatable bonds is 4. The molecule has 0 aliphatic carbocycles. The summed E-state index contributed by atoms with van der Waals surface area (Å²) in [6, 6.07) is 0. The number of carbonyl (C=O) groups is 2. The number of aliphatic hydroxyl groups is 2. The van der Waals surface area contributed by atoms with Gasteiger partial charge in [0.1, 0.15) is 11.9 Å². The maximum atomic E-state index is 13.3. The summed E-state index contributed by atoms with van der Waals surface area (Å²) >= 11 is 1.55. The number of ketones is 1. The fourth-order valence-corrected chi connectivity index (χ4v) is 5.81. The van der Waals surface area contributed by atoms with Crippen LogP contribution in [0.1, 0.15) is 83.8 Å². The van der Waals surface area contributed by atoms with Gasteiger partial charge in [0, 0.05) is 24.1 Å². The number of thiazole rings is 1. The molecule has 1 fully saturated rings. The molecule has 0 aromatic carbocycles. The van der Waals surface area contributed by atoms with Gasteiger partial charge in [-0.3, -0.25) is 9.59 Å². The average molecular weight is 564 g/mol. The van der Waals surface area contributed by atoms with Crippen molar-refractivity contribution < 1.29 is 34.0 Å². The lowest BCUT2D eigenvalue weighted by Gasteiger charge is -2.34. The summed E-state index contributed by atoms with van der Waals surface area (Å²) in [7, 11) is 0. The van der Waals surface area contributed by atoms with Gasteiger partial charge < -0.3 is 24.4 Å². The zero-order chi connectivity index (χ0) is 28.7. The van der Waals surface area contributed by atoms with Crippen molar-refractivity contribution in [1.82, 2.24) is 4.98 Å². The van der Waals surface area contributed by atoms with Gasteiger partial charge in [0.15, 0.2) is 6.29 Å². The second-order valence-corrected chi connectivity index (χ2v) is 12.6. The Morgan fingerprint density at radius 2 is 1.90 bits per heavy atom. The van der Waals surface area contributed by atoms with Crippen molar-refractivity contribution >= 4 is 29.2 Å². The molecule has 2 aliphatic heterocycles. The van der Waals surface area contributed by atoms with Gasteiger partial charge in [0.25, 0.3) is 0 Å². The van der Waals surface area contributed by atoms with E-state index in [0.29, 0.717) is 26.1 Å². The lowest BCUT2D eigenvalue weighted by molar-refractivity contribution is -0.154. The molecule has 0 amide bonds. The zero-order valence-electron chi connectivity index (χ0n) is 24.1. The largest absolute Gasteiger partial charge is 0.457 e. The first-order valence-electron chi connectivity index (χ1n) is 14.0. The molecule has 9 heteroatoms. The molecule has 8 nitrogen and oxygen atoms in total. The Morgan fingerprint density at radius 3 is 2.54 bits per heavy atom. The van der Waals surface area contributed by atoms with E-state index in [4.69, 9.17) is 14.2 Å². The van der Waals surface area contributed by atoms with Crippen LogP contribution >= 0.6 is 11.3 Å². The highest BCUT2D eigenvalue weighted by atomic mass is 32.1. The van der Waals surface area contributed by atoms with Crippen molar-refractivity contribution in [2.45, 2.75) is 105 Å². The van der Waals surface area contributed by atoms with E-state index in [2.05, 4.69) is 11.1 Å². The highest BCUT2D eigenvalue weighted by Crippen LogP contribution is 2.33.